The molecule has 1 unspecified atom stereocenters. The molecule has 1 fully saturated rings. The summed E-state index contributed by atoms with van der Waals surface area (Å²) in [6.45, 7) is 4.48. The highest BCUT2D eigenvalue weighted by molar-refractivity contribution is 7.99. The van der Waals surface area contributed by atoms with Gasteiger partial charge in [-0.2, -0.15) is 0 Å². The van der Waals surface area contributed by atoms with E-state index < -0.39 is 0 Å². The van der Waals surface area contributed by atoms with Crippen molar-refractivity contribution in [3.63, 3.8) is 0 Å². The number of hydrogen-bond acceptors (Lipinski definition) is 3. The van der Waals surface area contributed by atoms with E-state index in [0.717, 1.165) is 11.3 Å². The SMILES string of the molecule is CC1(C)CSC(c2coc3ccccc23)N1. The highest BCUT2D eigenvalue weighted by atomic mass is 32.2. The van der Waals surface area contributed by atoms with E-state index in [9.17, 15) is 0 Å². The van der Waals surface area contributed by atoms with Crippen molar-refractivity contribution in [3.05, 3.63) is 36.1 Å². The molecular formula is C13H15NOS. The number of para-hydroxylation sites is 1. The van der Waals surface area contributed by atoms with Crippen LogP contribution in [0.1, 0.15) is 24.8 Å². The fourth-order valence-corrected chi connectivity index (χ4v) is 3.53. The lowest BCUT2D eigenvalue weighted by atomic mass is 10.1. The maximum absolute atomic E-state index is 5.58. The highest BCUT2D eigenvalue weighted by Gasteiger charge is 2.32. The Hall–Kier alpha value is -0.930. The van der Waals surface area contributed by atoms with Gasteiger partial charge in [0.1, 0.15) is 5.58 Å². The van der Waals surface area contributed by atoms with Crippen molar-refractivity contribution in [2.75, 3.05) is 5.75 Å². The van der Waals surface area contributed by atoms with Crippen LogP contribution < -0.4 is 5.32 Å². The van der Waals surface area contributed by atoms with E-state index in [1.54, 1.807) is 0 Å². The second kappa shape index (κ2) is 3.54. The van der Waals surface area contributed by atoms with Gasteiger partial charge in [0.05, 0.1) is 11.6 Å². The van der Waals surface area contributed by atoms with Crippen LogP contribution in [-0.4, -0.2) is 11.3 Å². The maximum atomic E-state index is 5.58. The van der Waals surface area contributed by atoms with E-state index >= 15 is 0 Å². The van der Waals surface area contributed by atoms with Crippen LogP contribution in [0.2, 0.25) is 0 Å². The van der Waals surface area contributed by atoms with Gasteiger partial charge in [-0.25, -0.2) is 0 Å². The Labute approximate surface area is 99.4 Å². The standard InChI is InChI=1S/C13H15NOS/c1-13(2)8-16-12(14-13)10-7-15-11-6-4-3-5-9(10)11/h3-7,12,14H,8H2,1-2H3. The zero-order valence-corrected chi connectivity index (χ0v) is 10.3. The largest absolute Gasteiger partial charge is 0.464 e. The molecule has 1 saturated heterocycles. The van der Waals surface area contributed by atoms with Crippen LogP contribution in [0.4, 0.5) is 0 Å². The maximum Gasteiger partial charge on any atom is 0.134 e. The fraction of sp³-hybridized carbons (Fsp3) is 0.385. The number of nitrogens with one attached hydrogen (secondary N) is 1. The Kier molecular flexibility index (Phi) is 2.26. The summed E-state index contributed by atoms with van der Waals surface area (Å²) in [5.74, 6) is 1.14. The van der Waals surface area contributed by atoms with Crippen molar-refractivity contribution in [2.24, 2.45) is 0 Å². The monoisotopic (exact) mass is 233 g/mol. The quantitative estimate of drug-likeness (QED) is 0.815. The first-order valence-electron chi connectivity index (χ1n) is 5.51. The lowest BCUT2D eigenvalue weighted by Gasteiger charge is -2.18. The minimum atomic E-state index is 0.216. The van der Waals surface area contributed by atoms with Gasteiger partial charge < -0.3 is 4.42 Å². The Balaban J connectivity index is 2.01. The van der Waals surface area contributed by atoms with Gasteiger partial charge >= 0.3 is 0 Å². The van der Waals surface area contributed by atoms with E-state index in [4.69, 9.17) is 4.42 Å². The Morgan fingerprint density at radius 3 is 2.94 bits per heavy atom. The molecule has 0 amide bonds. The highest BCUT2D eigenvalue weighted by Crippen LogP contribution is 2.40. The number of rotatable bonds is 1. The molecule has 2 nitrogen and oxygen atoms in total. The summed E-state index contributed by atoms with van der Waals surface area (Å²) in [4.78, 5) is 0. The lowest BCUT2D eigenvalue weighted by Crippen LogP contribution is -2.35. The van der Waals surface area contributed by atoms with Gasteiger partial charge in [-0.15, -0.1) is 11.8 Å². The summed E-state index contributed by atoms with van der Waals surface area (Å²) in [5, 5.41) is 5.21. The van der Waals surface area contributed by atoms with Crippen LogP contribution >= 0.6 is 11.8 Å². The molecule has 2 heterocycles. The zero-order valence-electron chi connectivity index (χ0n) is 9.49. The molecule has 1 aromatic carbocycles. The average Bonchev–Trinajstić information content (AvgIpc) is 2.81. The second-order valence-electron chi connectivity index (χ2n) is 4.91. The van der Waals surface area contributed by atoms with Gasteiger partial charge in [0.25, 0.3) is 0 Å². The van der Waals surface area contributed by atoms with Crippen molar-refractivity contribution in [3.8, 4) is 0 Å². The van der Waals surface area contributed by atoms with Gasteiger partial charge in [0, 0.05) is 22.2 Å². The average molecular weight is 233 g/mol. The normalized spacial score (nSPS) is 24.0. The number of thioether (sulfide) groups is 1. The van der Waals surface area contributed by atoms with Gasteiger partial charge in [-0.05, 0) is 19.9 Å². The smallest absolute Gasteiger partial charge is 0.134 e. The molecule has 0 spiro atoms. The van der Waals surface area contributed by atoms with Crippen molar-refractivity contribution < 1.29 is 4.42 Å². The molecule has 1 atom stereocenters. The van der Waals surface area contributed by atoms with Crippen LogP contribution in [-0.2, 0) is 0 Å². The van der Waals surface area contributed by atoms with Gasteiger partial charge in [0.2, 0.25) is 0 Å². The summed E-state index contributed by atoms with van der Waals surface area (Å²) < 4.78 is 5.58. The van der Waals surface area contributed by atoms with Crippen molar-refractivity contribution in [2.45, 2.75) is 24.8 Å². The molecule has 1 aromatic heterocycles. The van der Waals surface area contributed by atoms with Gasteiger partial charge in [-0.1, -0.05) is 18.2 Å². The molecule has 3 rings (SSSR count). The third kappa shape index (κ3) is 1.64. The summed E-state index contributed by atoms with van der Waals surface area (Å²) in [6.07, 6.45) is 1.89. The summed E-state index contributed by atoms with van der Waals surface area (Å²) in [7, 11) is 0. The molecule has 1 aliphatic rings. The minimum Gasteiger partial charge on any atom is -0.464 e. The first-order valence-corrected chi connectivity index (χ1v) is 6.56. The molecule has 1 aliphatic heterocycles. The Morgan fingerprint density at radius 2 is 2.19 bits per heavy atom. The van der Waals surface area contributed by atoms with Crippen molar-refractivity contribution >= 4 is 22.7 Å². The molecule has 2 aromatic rings. The molecule has 1 N–H and O–H groups in total. The third-order valence-corrected chi connectivity index (χ3v) is 4.52. The van der Waals surface area contributed by atoms with Gasteiger partial charge in [-0.3, -0.25) is 5.32 Å². The predicted molar refractivity (Wildman–Crippen MR) is 68.6 cm³/mol. The molecule has 0 bridgehead atoms. The van der Waals surface area contributed by atoms with E-state index in [1.165, 1.54) is 10.9 Å². The molecule has 0 saturated carbocycles. The fourth-order valence-electron chi connectivity index (χ4n) is 2.10. The summed E-state index contributed by atoms with van der Waals surface area (Å²) in [5.41, 5.74) is 2.46. The van der Waals surface area contributed by atoms with Crippen LogP contribution in [0.3, 0.4) is 0 Å². The number of fused-ring (bicyclic) bond motifs is 1. The lowest BCUT2D eigenvalue weighted by molar-refractivity contribution is 0.451. The van der Waals surface area contributed by atoms with Gasteiger partial charge in [0.15, 0.2) is 0 Å². The zero-order chi connectivity index (χ0) is 11.2. The number of benzene rings is 1. The predicted octanol–water partition coefficient (Wildman–Crippen LogP) is 3.55. The molecular weight excluding hydrogens is 218 g/mol. The van der Waals surface area contributed by atoms with E-state index in [1.807, 2.05) is 30.2 Å². The Morgan fingerprint density at radius 1 is 1.38 bits per heavy atom. The van der Waals surface area contributed by atoms with Crippen LogP contribution in [0.25, 0.3) is 11.0 Å². The number of hydrogen-bond donors (Lipinski definition) is 1. The first-order chi connectivity index (χ1) is 7.66. The topological polar surface area (TPSA) is 25.2 Å². The summed E-state index contributed by atoms with van der Waals surface area (Å²) in [6, 6.07) is 8.21. The second-order valence-corrected chi connectivity index (χ2v) is 6.00. The first kappa shape index (κ1) is 10.2. The molecule has 3 heteroatoms. The van der Waals surface area contributed by atoms with Crippen molar-refractivity contribution in [1.29, 1.82) is 0 Å². The minimum absolute atomic E-state index is 0.216. The van der Waals surface area contributed by atoms with Crippen LogP contribution in [0.5, 0.6) is 0 Å². The van der Waals surface area contributed by atoms with Crippen molar-refractivity contribution in [1.82, 2.24) is 5.32 Å². The Bertz CT molecular complexity index is 517. The molecule has 16 heavy (non-hydrogen) atoms. The molecule has 0 radical (unpaired) electrons. The number of furan rings is 1. The van der Waals surface area contributed by atoms with E-state index in [2.05, 4.69) is 31.3 Å². The molecule has 84 valence electrons. The van der Waals surface area contributed by atoms with Crippen LogP contribution in [0.15, 0.2) is 34.9 Å². The molecule has 0 aliphatic carbocycles. The van der Waals surface area contributed by atoms with Crippen LogP contribution in [0, 0.1) is 0 Å². The van der Waals surface area contributed by atoms with E-state index in [0.29, 0.717) is 5.37 Å². The summed E-state index contributed by atoms with van der Waals surface area (Å²) >= 11 is 1.95. The van der Waals surface area contributed by atoms with E-state index in [-0.39, 0.29) is 5.54 Å². The third-order valence-electron chi connectivity index (χ3n) is 2.93.